The number of aryl methyl sites for hydroxylation is 1. The number of ether oxygens (including phenoxy) is 1. The summed E-state index contributed by atoms with van der Waals surface area (Å²) in [5.41, 5.74) is 4.37. The maximum absolute atomic E-state index is 12.3. The molecule has 0 fully saturated rings. The highest BCUT2D eigenvalue weighted by molar-refractivity contribution is 6.04. The van der Waals surface area contributed by atoms with Crippen molar-refractivity contribution in [2.75, 3.05) is 12.4 Å². The predicted octanol–water partition coefficient (Wildman–Crippen LogP) is 4.32. The van der Waals surface area contributed by atoms with Crippen molar-refractivity contribution in [1.29, 1.82) is 0 Å². The Balaban J connectivity index is 1.73. The zero-order chi connectivity index (χ0) is 16.9. The molecule has 120 valence electrons. The Kier molecular flexibility index (Phi) is 4.57. The van der Waals surface area contributed by atoms with Crippen molar-refractivity contribution in [2.24, 2.45) is 0 Å². The molecular formula is C20H18N2O2. The van der Waals surface area contributed by atoms with Gasteiger partial charge in [0.25, 0.3) is 5.91 Å². The van der Waals surface area contributed by atoms with Crippen LogP contribution in [0.25, 0.3) is 11.3 Å². The fraction of sp³-hybridized carbons (Fsp3) is 0.100. The summed E-state index contributed by atoms with van der Waals surface area (Å²) in [7, 11) is 1.61. The van der Waals surface area contributed by atoms with Crippen molar-refractivity contribution < 1.29 is 9.53 Å². The Bertz CT molecular complexity index is 840. The van der Waals surface area contributed by atoms with Crippen molar-refractivity contribution in [1.82, 2.24) is 4.98 Å². The van der Waals surface area contributed by atoms with Gasteiger partial charge in [-0.1, -0.05) is 12.1 Å². The summed E-state index contributed by atoms with van der Waals surface area (Å²) >= 11 is 0. The molecule has 0 aliphatic carbocycles. The van der Waals surface area contributed by atoms with Crippen molar-refractivity contribution in [2.45, 2.75) is 6.92 Å². The Labute approximate surface area is 141 Å². The number of amides is 1. The third kappa shape index (κ3) is 3.60. The molecule has 0 aliphatic rings. The molecule has 24 heavy (non-hydrogen) atoms. The molecule has 3 aromatic rings. The summed E-state index contributed by atoms with van der Waals surface area (Å²) in [6.07, 6.45) is 1.79. The van der Waals surface area contributed by atoms with Gasteiger partial charge in [-0.3, -0.25) is 9.78 Å². The van der Waals surface area contributed by atoms with Crippen molar-refractivity contribution in [3.8, 4) is 17.0 Å². The molecule has 0 saturated heterocycles. The van der Waals surface area contributed by atoms with Crippen molar-refractivity contribution in [3.05, 3.63) is 78.0 Å². The van der Waals surface area contributed by atoms with E-state index in [4.69, 9.17) is 4.74 Å². The van der Waals surface area contributed by atoms with Gasteiger partial charge in [-0.05, 0) is 61.0 Å². The Hall–Kier alpha value is -3.14. The molecule has 2 aromatic carbocycles. The highest BCUT2D eigenvalue weighted by Gasteiger charge is 2.07. The van der Waals surface area contributed by atoms with Crippen LogP contribution in [0.5, 0.6) is 5.75 Å². The average Bonchev–Trinajstić information content (AvgIpc) is 2.62. The molecule has 0 atom stereocenters. The van der Waals surface area contributed by atoms with E-state index in [2.05, 4.69) is 10.3 Å². The first kappa shape index (κ1) is 15.7. The van der Waals surface area contributed by atoms with E-state index in [1.807, 2.05) is 55.5 Å². The zero-order valence-electron chi connectivity index (χ0n) is 13.6. The Morgan fingerprint density at radius 3 is 2.33 bits per heavy atom. The van der Waals surface area contributed by atoms with Gasteiger partial charge in [-0.15, -0.1) is 0 Å². The number of benzene rings is 2. The van der Waals surface area contributed by atoms with Crippen LogP contribution >= 0.6 is 0 Å². The number of carbonyl (C=O) groups excluding carboxylic acids is 1. The number of hydrogen-bond acceptors (Lipinski definition) is 3. The zero-order valence-corrected chi connectivity index (χ0v) is 13.6. The molecule has 0 unspecified atom stereocenters. The Morgan fingerprint density at radius 2 is 1.71 bits per heavy atom. The number of anilines is 1. The minimum atomic E-state index is -0.149. The summed E-state index contributed by atoms with van der Waals surface area (Å²) in [6.45, 7) is 2.03. The maximum Gasteiger partial charge on any atom is 0.255 e. The molecule has 0 aliphatic heterocycles. The molecule has 3 rings (SSSR count). The number of methoxy groups -OCH3 is 1. The minimum absolute atomic E-state index is 0.149. The molecule has 0 bridgehead atoms. The van der Waals surface area contributed by atoms with E-state index in [1.165, 1.54) is 0 Å². The van der Waals surface area contributed by atoms with Crippen LogP contribution in [-0.4, -0.2) is 18.0 Å². The van der Waals surface area contributed by atoms with E-state index in [9.17, 15) is 4.79 Å². The van der Waals surface area contributed by atoms with Crippen LogP contribution < -0.4 is 10.1 Å². The number of nitrogens with one attached hydrogen (secondary N) is 1. The lowest BCUT2D eigenvalue weighted by Crippen LogP contribution is -2.11. The van der Waals surface area contributed by atoms with E-state index >= 15 is 0 Å². The van der Waals surface area contributed by atoms with Gasteiger partial charge in [-0.2, -0.15) is 0 Å². The highest BCUT2D eigenvalue weighted by Crippen LogP contribution is 2.20. The summed E-state index contributed by atoms with van der Waals surface area (Å²) in [5.74, 6) is 0.604. The average molecular weight is 318 g/mol. The first-order valence-corrected chi connectivity index (χ1v) is 7.64. The van der Waals surface area contributed by atoms with Gasteiger partial charge < -0.3 is 10.1 Å². The van der Waals surface area contributed by atoms with E-state index in [1.54, 1.807) is 25.4 Å². The second-order valence-electron chi connectivity index (χ2n) is 5.48. The fourth-order valence-electron chi connectivity index (χ4n) is 2.36. The van der Waals surface area contributed by atoms with Crippen LogP contribution in [-0.2, 0) is 0 Å². The standard InChI is InChI=1S/C20H18N2O2/c1-14-11-12-21-19(13-14)15-3-5-16(6-4-15)20(23)22-17-7-9-18(24-2)10-8-17/h3-13H,1-2H3,(H,22,23). The maximum atomic E-state index is 12.3. The summed E-state index contributed by atoms with van der Waals surface area (Å²) in [6, 6.07) is 18.6. The number of hydrogen-bond donors (Lipinski definition) is 1. The van der Waals surface area contributed by atoms with Crippen molar-refractivity contribution in [3.63, 3.8) is 0 Å². The molecule has 4 heteroatoms. The van der Waals surface area contributed by atoms with Crippen LogP contribution in [0.3, 0.4) is 0 Å². The van der Waals surface area contributed by atoms with E-state index in [0.717, 1.165) is 28.3 Å². The summed E-state index contributed by atoms with van der Waals surface area (Å²) in [5, 5.41) is 2.87. The number of nitrogens with zero attached hydrogens (tertiary/aromatic N) is 1. The van der Waals surface area contributed by atoms with E-state index < -0.39 is 0 Å². The lowest BCUT2D eigenvalue weighted by molar-refractivity contribution is 0.102. The number of pyridine rings is 1. The third-order valence-electron chi connectivity index (χ3n) is 3.71. The molecule has 0 saturated carbocycles. The van der Waals surface area contributed by atoms with Gasteiger partial charge in [0.2, 0.25) is 0 Å². The molecule has 0 spiro atoms. The van der Waals surface area contributed by atoms with Crippen LogP contribution in [0.2, 0.25) is 0 Å². The first-order valence-electron chi connectivity index (χ1n) is 7.64. The SMILES string of the molecule is COc1ccc(NC(=O)c2ccc(-c3cc(C)ccn3)cc2)cc1. The first-order chi connectivity index (χ1) is 11.7. The molecule has 1 heterocycles. The quantitative estimate of drug-likeness (QED) is 0.779. The van der Waals surface area contributed by atoms with Crippen LogP contribution in [0.4, 0.5) is 5.69 Å². The second-order valence-corrected chi connectivity index (χ2v) is 5.48. The minimum Gasteiger partial charge on any atom is -0.497 e. The molecule has 4 nitrogen and oxygen atoms in total. The third-order valence-corrected chi connectivity index (χ3v) is 3.71. The lowest BCUT2D eigenvalue weighted by Gasteiger charge is -2.07. The predicted molar refractivity (Wildman–Crippen MR) is 95.4 cm³/mol. The van der Waals surface area contributed by atoms with Crippen LogP contribution in [0.15, 0.2) is 66.9 Å². The molecule has 1 amide bonds. The number of rotatable bonds is 4. The molecule has 1 aromatic heterocycles. The summed E-state index contributed by atoms with van der Waals surface area (Å²) < 4.78 is 5.10. The van der Waals surface area contributed by atoms with E-state index in [-0.39, 0.29) is 5.91 Å². The van der Waals surface area contributed by atoms with Crippen LogP contribution in [0.1, 0.15) is 15.9 Å². The topological polar surface area (TPSA) is 51.2 Å². The number of aromatic nitrogens is 1. The second kappa shape index (κ2) is 6.96. The lowest BCUT2D eigenvalue weighted by atomic mass is 10.1. The van der Waals surface area contributed by atoms with Gasteiger partial charge in [0.05, 0.1) is 12.8 Å². The molecule has 1 N–H and O–H groups in total. The van der Waals surface area contributed by atoms with Gasteiger partial charge in [-0.25, -0.2) is 0 Å². The molecule has 0 radical (unpaired) electrons. The smallest absolute Gasteiger partial charge is 0.255 e. The monoisotopic (exact) mass is 318 g/mol. The van der Waals surface area contributed by atoms with Crippen LogP contribution in [0, 0.1) is 6.92 Å². The molecular weight excluding hydrogens is 300 g/mol. The summed E-state index contributed by atoms with van der Waals surface area (Å²) in [4.78, 5) is 16.7. The fourth-order valence-corrected chi connectivity index (χ4v) is 2.36. The van der Waals surface area contributed by atoms with Gasteiger partial charge in [0, 0.05) is 23.0 Å². The van der Waals surface area contributed by atoms with Gasteiger partial charge in [0.1, 0.15) is 5.75 Å². The van der Waals surface area contributed by atoms with E-state index in [0.29, 0.717) is 5.56 Å². The van der Waals surface area contributed by atoms with Gasteiger partial charge in [0.15, 0.2) is 0 Å². The number of carbonyl (C=O) groups is 1. The normalized spacial score (nSPS) is 10.2. The van der Waals surface area contributed by atoms with Gasteiger partial charge >= 0.3 is 0 Å². The highest BCUT2D eigenvalue weighted by atomic mass is 16.5. The Morgan fingerprint density at radius 1 is 1.00 bits per heavy atom. The largest absolute Gasteiger partial charge is 0.497 e. The van der Waals surface area contributed by atoms with Crippen molar-refractivity contribution >= 4 is 11.6 Å².